The second-order valence-electron chi connectivity index (χ2n) is 3.60. The van der Waals surface area contributed by atoms with E-state index in [2.05, 4.69) is 35.8 Å². The Morgan fingerprint density at radius 3 is 2.05 bits per heavy atom. The highest BCUT2D eigenvalue weighted by Gasteiger charge is 2.22. The molecule has 118 valence electrons. The first-order valence-electron chi connectivity index (χ1n) is 6.03. The highest BCUT2D eigenvalue weighted by atomic mass is 35.5. The van der Waals surface area contributed by atoms with E-state index in [1.54, 1.807) is 0 Å². The van der Waals surface area contributed by atoms with Crippen LogP contribution in [0.3, 0.4) is 0 Å². The molecule has 1 unspecified atom stereocenters. The fraction of sp³-hybridized carbons (Fsp3) is 0.333. The first-order chi connectivity index (χ1) is 9.92. The minimum atomic E-state index is -0.398. The van der Waals surface area contributed by atoms with E-state index in [0.29, 0.717) is 18.1 Å². The second-order valence-corrected chi connectivity index (χ2v) is 3.91. The average Bonchev–Trinajstić information content (AvgIpc) is 3.21. The van der Waals surface area contributed by atoms with E-state index in [-0.39, 0.29) is 5.97 Å². The van der Waals surface area contributed by atoms with Gasteiger partial charge in [0.05, 0.1) is 25.2 Å². The number of carbonyl (C=O) groups excluding carboxylic acids is 2. The predicted molar refractivity (Wildman–Crippen MR) is 82.4 cm³/mol. The first-order valence-corrected chi connectivity index (χ1v) is 6.47. The molecule has 1 aliphatic rings. The van der Waals surface area contributed by atoms with Gasteiger partial charge in [0, 0.05) is 12.5 Å². The Kier molecular flexibility index (Phi) is 14.9. The number of carbonyl (C=O) groups is 2. The highest BCUT2D eigenvalue weighted by molar-refractivity contribution is 6.25. The van der Waals surface area contributed by atoms with Gasteiger partial charge in [-0.1, -0.05) is 37.9 Å². The summed E-state index contributed by atoms with van der Waals surface area (Å²) in [6.07, 6.45) is 4.03. The first kappa shape index (κ1) is 21.4. The number of rotatable bonds is 6. The van der Waals surface area contributed by atoms with Gasteiger partial charge in [0.2, 0.25) is 0 Å². The molecule has 1 heterocycles. The van der Waals surface area contributed by atoms with Gasteiger partial charge in [-0.3, -0.25) is 4.79 Å². The molecule has 0 aromatic carbocycles. The Balaban J connectivity index is 0. The van der Waals surface area contributed by atoms with Crippen LogP contribution in [0, 0.1) is 0 Å². The molecule has 0 spiro atoms. The molecule has 1 atom stereocenters. The summed E-state index contributed by atoms with van der Waals surface area (Å²) in [6.45, 7) is 15.3. The summed E-state index contributed by atoms with van der Waals surface area (Å²) in [6, 6.07) is 0. The fourth-order valence-electron chi connectivity index (χ4n) is 0.948. The van der Waals surface area contributed by atoms with E-state index in [1.165, 1.54) is 12.5 Å². The van der Waals surface area contributed by atoms with Crippen molar-refractivity contribution in [2.24, 2.45) is 0 Å². The van der Waals surface area contributed by atoms with Crippen molar-refractivity contribution >= 4 is 23.5 Å². The van der Waals surface area contributed by atoms with E-state index < -0.39 is 5.97 Å². The molecule has 0 N–H and O–H groups in total. The van der Waals surface area contributed by atoms with Gasteiger partial charge in [-0.25, -0.2) is 4.79 Å². The SMILES string of the molecule is C=CCl.C=COC(=O)C(=C)CCC1CO1.C=COC(C)=O. The summed E-state index contributed by atoms with van der Waals surface area (Å²) >= 11 is 4.76. The van der Waals surface area contributed by atoms with Crippen LogP contribution in [0.4, 0.5) is 0 Å². The molecule has 1 saturated heterocycles. The predicted octanol–water partition coefficient (Wildman–Crippen LogP) is 3.47. The fourth-order valence-corrected chi connectivity index (χ4v) is 0.948. The quantitative estimate of drug-likeness (QED) is 0.325. The molecule has 1 rings (SSSR count). The van der Waals surface area contributed by atoms with Crippen LogP contribution in [-0.4, -0.2) is 24.6 Å². The van der Waals surface area contributed by atoms with E-state index in [9.17, 15) is 9.59 Å². The van der Waals surface area contributed by atoms with Crippen molar-refractivity contribution in [3.63, 3.8) is 0 Å². The Bertz CT molecular complexity index is 372. The van der Waals surface area contributed by atoms with Crippen molar-refractivity contribution in [3.05, 3.63) is 49.9 Å². The second kappa shape index (κ2) is 14.6. The average molecular weight is 317 g/mol. The maximum absolute atomic E-state index is 10.9. The normalized spacial score (nSPS) is 13.9. The monoisotopic (exact) mass is 316 g/mol. The van der Waals surface area contributed by atoms with Gasteiger partial charge >= 0.3 is 11.9 Å². The largest absolute Gasteiger partial charge is 0.435 e. The molecule has 0 bridgehead atoms. The van der Waals surface area contributed by atoms with Crippen molar-refractivity contribution in [1.82, 2.24) is 0 Å². The van der Waals surface area contributed by atoms with Gasteiger partial charge in [-0.15, -0.1) is 0 Å². The maximum atomic E-state index is 10.9. The van der Waals surface area contributed by atoms with Crippen LogP contribution in [0.25, 0.3) is 0 Å². The van der Waals surface area contributed by atoms with Gasteiger partial charge in [0.15, 0.2) is 0 Å². The van der Waals surface area contributed by atoms with E-state index in [0.717, 1.165) is 25.6 Å². The minimum Gasteiger partial charge on any atom is -0.435 e. The summed E-state index contributed by atoms with van der Waals surface area (Å²) in [5.41, 5.74) is 1.70. The minimum absolute atomic E-state index is 0.329. The molecule has 0 aromatic heterocycles. The van der Waals surface area contributed by atoms with Gasteiger partial charge in [0.25, 0.3) is 0 Å². The third-order valence-electron chi connectivity index (χ3n) is 1.90. The molecule has 1 fully saturated rings. The topological polar surface area (TPSA) is 65.1 Å². The zero-order valence-corrected chi connectivity index (χ0v) is 12.9. The molecule has 0 amide bonds. The number of esters is 2. The maximum Gasteiger partial charge on any atom is 0.338 e. The molecule has 21 heavy (non-hydrogen) atoms. The van der Waals surface area contributed by atoms with Gasteiger partial charge in [0.1, 0.15) is 0 Å². The lowest BCUT2D eigenvalue weighted by molar-refractivity contribution is -0.135. The van der Waals surface area contributed by atoms with E-state index >= 15 is 0 Å². The molecular weight excluding hydrogens is 296 g/mol. The third-order valence-corrected chi connectivity index (χ3v) is 1.90. The van der Waals surface area contributed by atoms with Crippen molar-refractivity contribution in [1.29, 1.82) is 0 Å². The van der Waals surface area contributed by atoms with Crippen molar-refractivity contribution in [2.45, 2.75) is 25.9 Å². The number of ether oxygens (including phenoxy) is 3. The molecule has 6 heteroatoms. The van der Waals surface area contributed by atoms with Crippen molar-refractivity contribution in [3.8, 4) is 0 Å². The lowest BCUT2D eigenvalue weighted by Crippen LogP contribution is -2.03. The molecule has 0 radical (unpaired) electrons. The Labute approximate surface area is 130 Å². The van der Waals surface area contributed by atoms with Crippen molar-refractivity contribution in [2.75, 3.05) is 6.61 Å². The van der Waals surface area contributed by atoms with E-state index in [1.807, 2.05) is 0 Å². The molecule has 1 aliphatic heterocycles. The molecule has 0 aromatic rings. The summed E-state index contributed by atoms with van der Waals surface area (Å²) < 4.78 is 13.7. The molecule has 0 aliphatic carbocycles. The smallest absolute Gasteiger partial charge is 0.338 e. The number of epoxide rings is 1. The van der Waals surface area contributed by atoms with Crippen molar-refractivity contribution < 1.29 is 23.8 Å². The summed E-state index contributed by atoms with van der Waals surface area (Å²) in [5.74, 6) is -0.726. The highest BCUT2D eigenvalue weighted by Crippen LogP contribution is 2.18. The molecular formula is C15H21ClO5. The Morgan fingerprint density at radius 2 is 1.76 bits per heavy atom. The lowest BCUT2D eigenvalue weighted by atomic mass is 10.1. The van der Waals surface area contributed by atoms with Crippen LogP contribution >= 0.6 is 11.6 Å². The third kappa shape index (κ3) is 18.1. The van der Waals surface area contributed by atoms with Crippen LogP contribution in [0.2, 0.25) is 0 Å². The van der Waals surface area contributed by atoms with Gasteiger partial charge in [-0.2, -0.15) is 0 Å². The van der Waals surface area contributed by atoms with E-state index in [4.69, 9.17) is 16.3 Å². The number of hydrogen-bond donors (Lipinski definition) is 0. The Morgan fingerprint density at radius 1 is 1.29 bits per heavy atom. The zero-order chi connectivity index (χ0) is 16.7. The lowest BCUT2D eigenvalue weighted by Gasteiger charge is -2.00. The Hall–Kier alpha value is -1.85. The van der Waals surface area contributed by atoms with Crippen LogP contribution in [0.5, 0.6) is 0 Å². The van der Waals surface area contributed by atoms with Crippen LogP contribution in [-0.2, 0) is 23.8 Å². The van der Waals surface area contributed by atoms with Gasteiger partial charge < -0.3 is 14.2 Å². The summed E-state index contributed by atoms with van der Waals surface area (Å²) in [4.78, 5) is 20.7. The van der Waals surface area contributed by atoms with Crippen LogP contribution < -0.4 is 0 Å². The van der Waals surface area contributed by atoms with Crippen LogP contribution in [0.1, 0.15) is 19.8 Å². The zero-order valence-electron chi connectivity index (χ0n) is 12.2. The standard InChI is InChI=1S/C9H12O3.C4H6O2.C2H3Cl/c1-3-11-9(10)7(2)4-5-8-6-12-8;1-3-6-4(2)5;1-2-3/h3,8H,1-2,4-6H2;3H,1H2,2H3;2H,1H2. The van der Waals surface area contributed by atoms with Gasteiger partial charge in [-0.05, 0) is 18.4 Å². The number of hydrogen-bond acceptors (Lipinski definition) is 5. The summed E-state index contributed by atoms with van der Waals surface area (Å²) in [5, 5.41) is 0. The number of halogens is 1. The molecule has 0 saturated carbocycles. The van der Waals surface area contributed by atoms with Crippen LogP contribution in [0.15, 0.2) is 49.9 Å². The molecule has 5 nitrogen and oxygen atoms in total. The summed E-state index contributed by atoms with van der Waals surface area (Å²) in [7, 11) is 0.